The summed E-state index contributed by atoms with van der Waals surface area (Å²) in [5, 5.41) is 0. The molecule has 1 rings (SSSR count). The normalized spacial score (nSPS) is 15.6. The second kappa shape index (κ2) is 6.51. The Morgan fingerprint density at radius 2 is 1.88 bits per heavy atom. The lowest BCUT2D eigenvalue weighted by Gasteiger charge is -2.16. The summed E-state index contributed by atoms with van der Waals surface area (Å²) in [5.74, 6) is 0.899. The number of amides is 1. The van der Waals surface area contributed by atoms with Gasteiger partial charge in [-0.2, -0.15) is 0 Å². The van der Waals surface area contributed by atoms with E-state index in [2.05, 4.69) is 20.4 Å². The molecule has 1 heterocycles. The minimum Gasteiger partial charge on any atom is -0.309 e. The van der Waals surface area contributed by atoms with Gasteiger partial charge in [0.05, 0.1) is 0 Å². The van der Waals surface area contributed by atoms with Crippen molar-refractivity contribution in [1.29, 1.82) is 0 Å². The van der Waals surface area contributed by atoms with Gasteiger partial charge >= 0.3 is 0 Å². The van der Waals surface area contributed by atoms with Crippen molar-refractivity contribution in [2.45, 2.75) is 46.0 Å². The number of hydrogen-bond acceptors (Lipinski definition) is 1. The Kier molecular flexibility index (Phi) is 5.30. The molecule has 0 bridgehead atoms. The van der Waals surface area contributed by atoms with Crippen LogP contribution in [0.1, 0.15) is 46.0 Å². The van der Waals surface area contributed by atoms with Crippen LogP contribution in [0, 0.1) is 5.92 Å². The summed E-state index contributed by atoms with van der Waals surface area (Å²) in [4.78, 5) is 13.1. The van der Waals surface area contributed by atoms with E-state index in [9.17, 15) is 4.79 Å². The number of hydrogen-bond donors (Lipinski definition) is 0. The molecule has 1 amide bonds. The maximum atomic E-state index is 11.4. The van der Waals surface area contributed by atoms with Crippen LogP contribution in [-0.2, 0) is 4.79 Å². The van der Waals surface area contributed by atoms with E-state index >= 15 is 0 Å². The van der Waals surface area contributed by atoms with Gasteiger partial charge in [-0.05, 0) is 18.4 Å². The highest BCUT2D eigenvalue weighted by molar-refractivity contribution is 5.92. The van der Waals surface area contributed by atoms with E-state index in [0.29, 0.717) is 0 Å². The highest BCUT2D eigenvalue weighted by atomic mass is 16.2. The zero-order chi connectivity index (χ0) is 12.0. The first kappa shape index (κ1) is 13.0. The largest absolute Gasteiger partial charge is 0.309 e. The Morgan fingerprint density at radius 3 is 2.44 bits per heavy atom. The molecule has 0 spiro atoms. The molecule has 0 saturated heterocycles. The van der Waals surface area contributed by atoms with Crippen LogP contribution >= 0.6 is 0 Å². The highest BCUT2D eigenvalue weighted by Gasteiger charge is 2.17. The fourth-order valence-electron chi connectivity index (χ4n) is 1.92. The fraction of sp³-hybridized carbons (Fsp3) is 0.643. The van der Waals surface area contributed by atoms with Crippen molar-refractivity contribution >= 4 is 5.91 Å². The first-order chi connectivity index (χ1) is 7.61. The number of carbonyl (C=O) groups excluding carboxylic acids is 1. The van der Waals surface area contributed by atoms with Gasteiger partial charge in [0.15, 0.2) is 0 Å². The average molecular weight is 221 g/mol. The van der Waals surface area contributed by atoms with Gasteiger partial charge in [0, 0.05) is 18.3 Å². The molecular formula is C14H23NO. The first-order valence-corrected chi connectivity index (χ1v) is 6.29. The van der Waals surface area contributed by atoms with Crippen LogP contribution in [0.3, 0.4) is 0 Å². The fourth-order valence-corrected chi connectivity index (χ4v) is 1.92. The molecule has 1 aliphatic rings. The van der Waals surface area contributed by atoms with Crippen LogP contribution < -0.4 is 0 Å². The monoisotopic (exact) mass is 221 g/mol. The van der Waals surface area contributed by atoms with Crippen LogP contribution in [0.4, 0.5) is 0 Å². The van der Waals surface area contributed by atoms with Gasteiger partial charge in [0.25, 0.3) is 5.91 Å². The maximum Gasteiger partial charge on any atom is 0.251 e. The van der Waals surface area contributed by atoms with Crippen LogP contribution in [0.15, 0.2) is 24.4 Å². The molecule has 90 valence electrons. The number of nitrogens with zero attached hydrogens (tertiary/aromatic N) is 1. The van der Waals surface area contributed by atoms with Crippen LogP contribution in [0.2, 0.25) is 0 Å². The van der Waals surface area contributed by atoms with Crippen molar-refractivity contribution < 1.29 is 4.79 Å². The van der Waals surface area contributed by atoms with Gasteiger partial charge in [0.1, 0.15) is 0 Å². The molecule has 1 aliphatic heterocycles. The van der Waals surface area contributed by atoms with Crippen LogP contribution in [0.5, 0.6) is 0 Å². The zero-order valence-corrected chi connectivity index (χ0v) is 10.5. The summed E-state index contributed by atoms with van der Waals surface area (Å²) in [7, 11) is 0. The maximum absolute atomic E-state index is 11.4. The number of carbonyl (C=O) groups is 1. The van der Waals surface area contributed by atoms with Gasteiger partial charge in [-0.3, -0.25) is 4.79 Å². The van der Waals surface area contributed by atoms with Gasteiger partial charge in [-0.15, -0.1) is 0 Å². The quantitative estimate of drug-likeness (QED) is 0.602. The number of rotatable bonds is 7. The SMILES string of the molecule is C=C1C=CC(=O)N1CCCCCCC(C)C. The van der Waals surface area contributed by atoms with Crippen molar-refractivity contribution in [1.82, 2.24) is 4.90 Å². The Bertz CT molecular complexity index is 260. The predicted octanol–water partition coefficient (Wildman–Crippen LogP) is 3.51. The topological polar surface area (TPSA) is 20.3 Å². The van der Waals surface area contributed by atoms with Crippen molar-refractivity contribution in [2.24, 2.45) is 5.92 Å². The van der Waals surface area contributed by atoms with Crippen molar-refractivity contribution in [3.63, 3.8) is 0 Å². The minimum absolute atomic E-state index is 0.0900. The van der Waals surface area contributed by atoms with E-state index < -0.39 is 0 Å². The summed E-state index contributed by atoms with van der Waals surface area (Å²) in [6.07, 6.45) is 9.60. The number of allylic oxidation sites excluding steroid dienone is 1. The third-order valence-corrected chi connectivity index (χ3v) is 2.94. The smallest absolute Gasteiger partial charge is 0.251 e. The third kappa shape index (κ3) is 4.21. The molecule has 0 aromatic heterocycles. The Labute approximate surface area is 99.0 Å². The highest BCUT2D eigenvalue weighted by Crippen LogP contribution is 2.15. The Balaban J connectivity index is 2.03. The lowest BCUT2D eigenvalue weighted by Crippen LogP contribution is -2.24. The predicted molar refractivity (Wildman–Crippen MR) is 67.9 cm³/mol. The van der Waals surface area contributed by atoms with E-state index in [-0.39, 0.29) is 5.91 Å². The summed E-state index contributed by atoms with van der Waals surface area (Å²) >= 11 is 0. The molecule has 0 N–H and O–H groups in total. The Morgan fingerprint density at radius 1 is 1.19 bits per heavy atom. The molecule has 2 nitrogen and oxygen atoms in total. The van der Waals surface area contributed by atoms with Crippen molar-refractivity contribution in [3.8, 4) is 0 Å². The third-order valence-electron chi connectivity index (χ3n) is 2.94. The van der Waals surface area contributed by atoms with Gasteiger partial charge in [-0.1, -0.05) is 46.1 Å². The van der Waals surface area contributed by atoms with Crippen molar-refractivity contribution in [3.05, 3.63) is 24.4 Å². The molecule has 16 heavy (non-hydrogen) atoms. The molecule has 0 radical (unpaired) electrons. The number of unbranched alkanes of at least 4 members (excludes halogenated alkanes) is 3. The van der Waals surface area contributed by atoms with Crippen LogP contribution in [-0.4, -0.2) is 17.4 Å². The lowest BCUT2D eigenvalue weighted by molar-refractivity contribution is -0.123. The molecule has 0 aromatic carbocycles. The van der Waals surface area contributed by atoms with E-state index in [1.165, 1.54) is 25.7 Å². The van der Waals surface area contributed by atoms with E-state index in [4.69, 9.17) is 0 Å². The van der Waals surface area contributed by atoms with E-state index in [1.807, 2.05) is 0 Å². The van der Waals surface area contributed by atoms with Gasteiger partial charge in [-0.25, -0.2) is 0 Å². The summed E-state index contributed by atoms with van der Waals surface area (Å²) in [6, 6.07) is 0. The average Bonchev–Trinajstić information content (AvgIpc) is 2.53. The molecule has 0 aliphatic carbocycles. The van der Waals surface area contributed by atoms with Gasteiger partial charge < -0.3 is 4.90 Å². The lowest BCUT2D eigenvalue weighted by atomic mass is 10.0. The standard InChI is InChI=1S/C14H23NO/c1-12(2)8-6-4-5-7-11-15-13(3)9-10-14(15)16/h9-10,12H,3-8,11H2,1-2H3. The Hall–Kier alpha value is -1.05. The zero-order valence-electron chi connectivity index (χ0n) is 10.5. The van der Waals surface area contributed by atoms with Gasteiger partial charge in [0.2, 0.25) is 0 Å². The molecular weight excluding hydrogens is 198 g/mol. The van der Waals surface area contributed by atoms with E-state index in [0.717, 1.165) is 24.6 Å². The summed E-state index contributed by atoms with van der Waals surface area (Å²) in [6.45, 7) is 9.19. The first-order valence-electron chi connectivity index (χ1n) is 6.29. The molecule has 0 aromatic rings. The summed E-state index contributed by atoms with van der Waals surface area (Å²) in [5.41, 5.74) is 0.840. The molecule has 0 atom stereocenters. The second-order valence-corrected chi connectivity index (χ2v) is 4.91. The van der Waals surface area contributed by atoms with E-state index in [1.54, 1.807) is 17.1 Å². The molecule has 0 unspecified atom stereocenters. The van der Waals surface area contributed by atoms with Crippen LogP contribution in [0.25, 0.3) is 0 Å². The summed E-state index contributed by atoms with van der Waals surface area (Å²) < 4.78 is 0. The second-order valence-electron chi connectivity index (χ2n) is 4.91. The minimum atomic E-state index is 0.0900. The molecule has 0 saturated carbocycles. The van der Waals surface area contributed by atoms with Crippen molar-refractivity contribution in [2.75, 3.05) is 6.54 Å². The molecule has 0 fully saturated rings. The molecule has 2 heteroatoms.